The van der Waals surface area contributed by atoms with Crippen molar-refractivity contribution >= 4 is 29.4 Å². The van der Waals surface area contributed by atoms with Crippen LogP contribution in [0.4, 0.5) is 5.69 Å². The minimum Gasteiger partial charge on any atom is -0.465 e. The number of ether oxygens (including phenoxy) is 1. The zero-order valence-corrected chi connectivity index (χ0v) is 15.6. The number of nitrogens with one attached hydrogen (secondary N) is 1. The summed E-state index contributed by atoms with van der Waals surface area (Å²) in [6, 6.07) is 5.11. The summed E-state index contributed by atoms with van der Waals surface area (Å²) in [4.78, 5) is 50.5. The molecule has 7 nitrogen and oxygen atoms in total. The molecule has 27 heavy (non-hydrogen) atoms. The molecule has 0 unspecified atom stereocenters. The van der Waals surface area contributed by atoms with Gasteiger partial charge in [-0.15, -0.1) is 0 Å². The van der Waals surface area contributed by atoms with Gasteiger partial charge in [-0.05, 0) is 31.4 Å². The summed E-state index contributed by atoms with van der Waals surface area (Å²) in [7, 11) is 1.28. The fourth-order valence-electron chi connectivity index (χ4n) is 4.02. The van der Waals surface area contributed by atoms with Gasteiger partial charge in [0.2, 0.25) is 17.7 Å². The molecule has 0 radical (unpaired) electrons. The highest BCUT2D eigenvalue weighted by atomic mass is 16.5. The van der Waals surface area contributed by atoms with Gasteiger partial charge < -0.3 is 10.1 Å². The topological polar surface area (TPSA) is 92.8 Å². The van der Waals surface area contributed by atoms with E-state index in [0.29, 0.717) is 16.8 Å². The Bertz CT molecular complexity index is 765. The number of aryl methyl sites for hydroxylation is 1. The van der Waals surface area contributed by atoms with Crippen molar-refractivity contribution in [3.8, 4) is 0 Å². The van der Waals surface area contributed by atoms with Gasteiger partial charge in [-0.1, -0.05) is 25.0 Å². The van der Waals surface area contributed by atoms with Crippen LogP contribution in [-0.4, -0.2) is 42.2 Å². The first kappa shape index (κ1) is 19.1. The molecule has 1 N–H and O–H groups in total. The number of rotatable bonds is 5. The van der Waals surface area contributed by atoms with E-state index in [1.807, 2.05) is 0 Å². The van der Waals surface area contributed by atoms with Crippen LogP contribution >= 0.6 is 0 Å². The lowest BCUT2D eigenvalue weighted by Gasteiger charge is -2.19. The van der Waals surface area contributed by atoms with Crippen LogP contribution < -0.4 is 5.32 Å². The number of likely N-dealkylation sites (tertiary alicyclic amines) is 1. The molecule has 1 saturated carbocycles. The highest BCUT2D eigenvalue weighted by Crippen LogP contribution is 2.38. The van der Waals surface area contributed by atoms with E-state index in [1.54, 1.807) is 25.1 Å². The molecule has 2 fully saturated rings. The number of nitrogens with zero attached hydrogens (tertiary/aromatic N) is 1. The molecule has 1 aromatic carbocycles. The number of hydrogen-bond acceptors (Lipinski definition) is 5. The predicted octanol–water partition coefficient (Wildman–Crippen LogP) is 2.29. The standard InChI is InChI=1S/C20H24N2O5/c1-12-6-5-9-15(17(12)20(26)27-2)21-16(23)10-11-22-18(24)13-7-3-4-8-14(13)19(22)25/h5-6,9,13-14H,3-4,7-8,10-11H2,1-2H3,(H,21,23)/t13-,14-/m1/s1. The Morgan fingerprint density at radius 1 is 1.15 bits per heavy atom. The Labute approximate surface area is 158 Å². The van der Waals surface area contributed by atoms with Crippen molar-refractivity contribution in [2.24, 2.45) is 11.8 Å². The van der Waals surface area contributed by atoms with Gasteiger partial charge in [0.1, 0.15) is 0 Å². The van der Waals surface area contributed by atoms with Gasteiger partial charge in [-0.3, -0.25) is 19.3 Å². The number of carbonyl (C=O) groups excluding carboxylic acids is 4. The molecule has 3 amide bonds. The summed E-state index contributed by atoms with van der Waals surface area (Å²) in [5, 5.41) is 2.69. The molecular formula is C20H24N2O5. The smallest absolute Gasteiger partial charge is 0.340 e. The van der Waals surface area contributed by atoms with E-state index >= 15 is 0 Å². The molecule has 0 aromatic heterocycles. The Morgan fingerprint density at radius 3 is 2.37 bits per heavy atom. The lowest BCUT2D eigenvalue weighted by Crippen LogP contribution is -2.34. The summed E-state index contributed by atoms with van der Waals surface area (Å²) in [6.45, 7) is 1.82. The molecule has 1 saturated heterocycles. The third kappa shape index (κ3) is 3.72. The van der Waals surface area contributed by atoms with Gasteiger partial charge >= 0.3 is 5.97 Å². The Balaban J connectivity index is 1.64. The van der Waals surface area contributed by atoms with E-state index in [2.05, 4.69) is 5.32 Å². The molecular weight excluding hydrogens is 348 g/mol. The van der Waals surface area contributed by atoms with Crippen molar-refractivity contribution in [3.05, 3.63) is 29.3 Å². The van der Waals surface area contributed by atoms with Crippen LogP contribution in [0.15, 0.2) is 18.2 Å². The molecule has 1 aromatic rings. The maximum Gasteiger partial charge on any atom is 0.340 e. The molecule has 1 aliphatic heterocycles. The van der Waals surface area contributed by atoms with Gasteiger partial charge in [-0.2, -0.15) is 0 Å². The number of amides is 3. The molecule has 2 atom stereocenters. The van der Waals surface area contributed by atoms with Crippen molar-refractivity contribution < 1.29 is 23.9 Å². The van der Waals surface area contributed by atoms with Crippen LogP contribution in [0.1, 0.15) is 48.0 Å². The fourth-order valence-corrected chi connectivity index (χ4v) is 4.02. The number of carbonyl (C=O) groups is 4. The molecule has 0 spiro atoms. The number of esters is 1. The summed E-state index contributed by atoms with van der Waals surface area (Å²) in [5.74, 6) is -1.61. The maximum atomic E-state index is 12.5. The molecule has 3 rings (SSSR count). The van der Waals surface area contributed by atoms with Crippen LogP contribution in [0, 0.1) is 18.8 Å². The van der Waals surface area contributed by atoms with E-state index in [0.717, 1.165) is 25.7 Å². The minimum atomic E-state index is -0.530. The van der Waals surface area contributed by atoms with Crippen LogP contribution in [-0.2, 0) is 19.1 Å². The maximum absolute atomic E-state index is 12.5. The van der Waals surface area contributed by atoms with Gasteiger partial charge in [0.05, 0.1) is 30.2 Å². The van der Waals surface area contributed by atoms with E-state index in [1.165, 1.54) is 12.0 Å². The summed E-state index contributed by atoms with van der Waals surface area (Å²) < 4.78 is 4.78. The summed E-state index contributed by atoms with van der Waals surface area (Å²) >= 11 is 0. The van der Waals surface area contributed by atoms with E-state index in [-0.39, 0.29) is 42.5 Å². The Hall–Kier alpha value is -2.70. The first-order chi connectivity index (χ1) is 12.9. The van der Waals surface area contributed by atoms with Crippen molar-refractivity contribution in [2.45, 2.75) is 39.0 Å². The van der Waals surface area contributed by atoms with Gasteiger partial charge in [0.15, 0.2) is 0 Å². The third-order valence-corrected chi connectivity index (χ3v) is 5.43. The second-order valence-electron chi connectivity index (χ2n) is 7.11. The third-order valence-electron chi connectivity index (χ3n) is 5.43. The number of methoxy groups -OCH3 is 1. The molecule has 1 aliphatic carbocycles. The highest BCUT2D eigenvalue weighted by Gasteiger charge is 2.47. The SMILES string of the molecule is COC(=O)c1c(C)cccc1NC(=O)CCN1C(=O)[C@@H]2CCCC[C@H]2C1=O. The normalized spacial score (nSPS) is 21.8. The quantitative estimate of drug-likeness (QED) is 0.632. The first-order valence-electron chi connectivity index (χ1n) is 9.27. The predicted molar refractivity (Wildman–Crippen MR) is 97.9 cm³/mol. The van der Waals surface area contributed by atoms with E-state index < -0.39 is 5.97 Å². The monoisotopic (exact) mass is 372 g/mol. The average molecular weight is 372 g/mol. The zero-order valence-electron chi connectivity index (χ0n) is 15.6. The number of fused-ring (bicyclic) bond motifs is 1. The molecule has 1 heterocycles. The Morgan fingerprint density at radius 2 is 1.78 bits per heavy atom. The van der Waals surface area contributed by atoms with Crippen LogP contribution in [0.2, 0.25) is 0 Å². The second kappa shape index (κ2) is 7.90. The van der Waals surface area contributed by atoms with Gasteiger partial charge in [0.25, 0.3) is 0 Å². The lowest BCUT2D eigenvalue weighted by molar-refractivity contribution is -0.140. The number of benzene rings is 1. The average Bonchev–Trinajstić information content (AvgIpc) is 2.90. The molecule has 2 aliphatic rings. The Kier molecular flexibility index (Phi) is 5.58. The number of anilines is 1. The lowest BCUT2D eigenvalue weighted by atomic mass is 9.81. The number of imide groups is 1. The van der Waals surface area contributed by atoms with Crippen LogP contribution in [0.3, 0.4) is 0 Å². The highest BCUT2D eigenvalue weighted by molar-refractivity contribution is 6.06. The number of hydrogen-bond donors (Lipinski definition) is 1. The van der Waals surface area contributed by atoms with Gasteiger partial charge in [-0.25, -0.2) is 4.79 Å². The molecule has 144 valence electrons. The van der Waals surface area contributed by atoms with E-state index in [4.69, 9.17) is 4.74 Å². The van der Waals surface area contributed by atoms with Gasteiger partial charge in [0, 0.05) is 13.0 Å². The summed E-state index contributed by atoms with van der Waals surface area (Å²) in [6.07, 6.45) is 3.44. The van der Waals surface area contributed by atoms with Crippen molar-refractivity contribution in [3.63, 3.8) is 0 Å². The minimum absolute atomic E-state index is 0.00846. The van der Waals surface area contributed by atoms with Crippen molar-refractivity contribution in [1.29, 1.82) is 0 Å². The van der Waals surface area contributed by atoms with Crippen molar-refractivity contribution in [1.82, 2.24) is 4.90 Å². The molecule has 7 heteroatoms. The largest absolute Gasteiger partial charge is 0.465 e. The molecule has 0 bridgehead atoms. The fraction of sp³-hybridized carbons (Fsp3) is 0.500. The van der Waals surface area contributed by atoms with Crippen LogP contribution in [0.25, 0.3) is 0 Å². The van der Waals surface area contributed by atoms with Crippen LogP contribution in [0.5, 0.6) is 0 Å². The van der Waals surface area contributed by atoms with Crippen molar-refractivity contribution in [2.75, 3.05) is 19.0 Å². The van der Waals surface area contributed by atoms with E-state index in [9.17, 15) is 19.2 Å². The first-order valence-corrected chi connectivity index (χ1v) is 9.27. The zero-order chi connectivity index (χ0) is 19.6. The summed E-state index contributed by atoms with van der Waals surface area (Å²) in [5.41, 5.74) is 1.35. The second-order valence-corrected chi connectivity index (χ2v) is 7.11.